The molecule has 0 N–H and O–H groups in total. The molecule has 0 heterocycles. The van der Waals surface area contributed by atoms with Crippen LogP contribution in [0.5, 0.6) is 0 Å². The van der Waals surface area contributed by atoms with Crippen molar-refractivity contribution in [3.8, 4) is 0 Å². The molecule has 0 unspecified atom stereocenters. The normalized spacial score (nSPS) is 8.25. The van der Waals surface area contributed by atoms with E-state index in [1.54, 1.807) is 0 Å². The van der Waals surface area contributed by atoms with Gasteiger partial charge in [-0.3, -0.25) is 0 Å². The molecule has 0 spiro atoms. The molecule has 0 fully saturated rings. The van der Waals surface area contributed by atoms with Crippen LogP contribution in [0.15, 0.2) is 0 Å². The first-order valence-corrected chi connectivity index (χ1v) is 2.56. The molecule has 3 nitrogen and oxygen atoms in total. The van der Waals surface area contributed by atoms with E-state index in [-0.39, 0.29) is 0 Å². The summed E-state index contributed by atoms with van der Waals surface area (Å²) in [6, 6.07) is 0. The Morgan fingerprint density at radius 2 is 1.00 bits per heavy atom. The summed E-state index contributed by atoms with van der Waals surface area (Å²) in [5.74, 6) is 0. The van der Waals surface area contributed by atoms with E-state index in [1.165, 1.54) is 0 Å². The van der Waals surface area contributed by atoms with Crippen molar-refractivity contribution in [2.24, 2.45) is 0 Å². The van der Waals surface area contributed by atoms with Gasteiger partial charge in [-0.15, -0.1) is 0 Å². The fourth-order valence-corrected chi connectivity index (χ4v) is 0. The maximum absolute atomic E-state index is 8.56. The molecule has 0 aromatic carbocycles. The maximum atomic E-state index is 8.56. The van der Waals surface area contributed by atoms with Gasteiger partial charge in [-0.1, -0.05) is 0 Å². The summed E-state index contributed by atoms with van der Waals surface area (Å²) in [5.41, 5.74) is 0. The van der Waals surface area contributed by atoms with E-state index in [9.17, 15) is 0 Å². The van der Waals surface area contributed by atoms with Crippen LogP contribution >= 0.6 is 0 Å². The third-order valence-electron chi connectivity index (χ3n) is 0. The Morgan fingerprint density at radius 3 is 1.00 bits per heavy atom. The van der Waals surface area contributed by atoms with Gasteiger partial charge in [0.05, 0.1) is 0 Å². The molecule has 0 aliphatic heterocycles. The zero-order chi connectivity index (χ0) is 3.58. The fourth-order valence-electron chi connectivity index (χ4n) is 0. The first-order chi connectivity index (χ1) is 1.73. The molecule has 0 aromatic rings. The van der Waals surface area contributed by atoms with Crippen LogP contribution in [0.1, 0.15) is 0 Å². The van der Waals surface area contributed by atoms with Crippen molar-refractivity contribution in [3.63, 3.8) is 0 Å². The van der Waals surface area contributed by atoms with E-state index >= 15 is 0 Å². The average molecular weight is 149 g/mol. The molecule has 0 saturated heterocycles. The first-order valence-electron chi connectivity index (χ1n) is 0.433. The molecule has 0 saturated carbocycles. The van der Waals surface area contributed by atoms with Crippen LogP contribution in [0.3, 0.4) is 0 Å². The Balaban J connectivity index is 4.65. The summed E-state index contributed by atoms with van der Waals surface area (Å²) < 4.78 is 25.7. The zero-order valence-corrected chi connectivity index (χ0v) is 3.32. The summed E-state index contributed by atoms with van der Waals surface area (Å²) in [6.45, 7) is 0. The molecule has 4 heteroatoms. The first kappa shape index (κ1) is 4.02. The molecule has 26 valence electrons. The van der Waals surface area contributed by atoms with Crippen molar-refractivity contribution < 1.29 is 26.5 Å². The van der Waals surface area contributed by atoms with Gasteiger partial charge in [0, 0.05) is 0 Å². The summed E-state index contributed by atoms with van der Waals surface area (Å²) in [4.78, 5) is 0. The Kier molecular flexibility index (Phi) is 1.36. The molecule has 0 aliphatic rings. The third kappa shape index (κ3) is 3880. The van der Waals surface area contributed by atoms with E-state index in [4.69, 9.17) is 10.7 Å². The van der Waals surface area contributed by atoms with Crippen molar-refractivity contribution >= 4 is 0 Å². The van der Waals surface area contributed by atoms with Gasteiger partial charge in [-0.2, -0.15) is 0 Å². The predicted molar refractivity (Wildman–Crippen MR) is 2.06 cm³/mol. The Labute approximate surface area is 27.3 Å². The van der Waals surface area contributed by atoms with Crippen molar-refractivity contribution in [2.45, 2.75) is 0 Å². The molecular formula is O3Ru. The summed E-state index contributed by atoms with van der Waals surface area (Å²) in [5, 5.41) is 0. The van der Waals surface area contributed by atoms with Gasteiger partial charge < -0.3 is 0 Å². The summed E-state index contributed by atoms with van der Waals surface area (Å²) >= 11 is -3.92. The molecule has 0 atom stereocenters. The number of hydrogen-bond donors (Lipinski definition) is 0. The SMILES string of the molecule is [O]=[Ru](=[O])=[O]. The molecule has 0 aliphatic carbocycles. The van der Waals surface area contributed by atoms with Crippen LogP contribution in [-0.2, 0) is 26.5 Å². The third-order valence-corrected chi connectivity index (χ3v) is 0. The molecule has 0 aromatic heterocycles. The monoisotopic (exact) mass is 150 g/mol. The van der Waals surface area contributed by atoms with Crippen molar-refractivity contribution in [1.29, 1.82) is 0 Å². The number of rotatable bonds is 0. The van der Waals surface area contributed by atoms with Crippen molar-refractivity contribution in [2.75, 3.05) is 0 Å². The van der Waals surface area contributed by atoms with Crippen LogP contribution in [0.25, 0.3) is 0 Å². The van der Waals surface area contributed by atoms with E-state index < -0.39 is 15.8 Å². The fraction of sp³-hybridized carbons (Fsp3) is 0. The van der Waals surface area contributed by atoms with Gasteiger partial charge in [0.15, 0.2) is 0 Å². The molecule has 0 amide bonds. The van der Waals surface area contributed by atoms with Gasteiger partial charge in [0.2, 0.25) is 0 Å². The van der Waals surface area contributed by atoms with Crippen LogP contribution in [0, 0.1) is 0 Å². The van der Waals surface area contributed by atoms with Crippen LogP contribution in [-0.4, -0.2) is 0 Å². The van der Waals surface area contributed by atoms with Crippen molar-refractivity contribution in [3.05, 3.63) is 0 Å². The Bertz CT molecular complexity index is 72.7. The number of hydrogen-bond acceptors (Lipinski definition) is 3. The zero-order valence-electron chi connectivity index (χ0n) is 1.58. The van der Waals surface area contributed by atoms with Crippen LogP contribution < -0.4 is 0 Å². The van der Waals surface area contributed by atoms with E-state index in [0.29, 0.717) is 0 Å². The summed E-state index contributed by atoms with van der Waals surface area (Å²) in [6.07, 6.45) is 0. The van der Waals surface area contributed by atoms with Gasteiger partial charge in [0.25, 0.3) is 0 Å². The molecule has 0 rings (SSSR count). The second-order valence-corrected chi connectivity index (χ2v) is 1.05. The quantitative estimate of drug-likeness (QED) is 0.442. The van der Waals surface area contributed by atoms with E-state index in [1.807, 2.05) is 0 Å². The van der Waals surface area contributed by atoms with Gasteiger partial charge in [0.1, 0.15) is 0 Å². The Morgan fingerprint density at radius 1 is 1.00 bits per heavy atom. The van der Waals surface area contributed by atoms with Gasteiger partial charge in [-0.05, 0) is 0 Å². The predicted octanol–water partition coefficient (Wildman–Crippen LogP) is -0.359. The molecule has 0 radical (unpaired) electrons. The molecular weight excluding hydrogens is 149 g/mol. The van der Waals surface area contributed by atoms with Crippen molar-refractivity contribution in [1.82, 2.24) is 0 Å². The second kappa shape index (κ2) is 1.35. The summed E-state index contributed by atoms with van der Waals surface area (Å²) in [7, 11) is 0. The van der Waals surface area contributed by atoms with Gasteiger partial charge in [-0.25, -0.2) is 0 Å². The van der Waals surface area contributed by atoms with E-state index in [2.05, 4.69) is 0 Å². The molecule has 4 heavy (non-hydrogen) atoms. The second-order valence-electron chi connectivity index (χ2n) is 0.177. The molecule has 0 bridgehead atoms. The van der Waals surface area contributed by atoms with E-state index in [0.717, 1.165) is 0 Å². The Hall–Kier alpha value is 0.0234. The minimum atomic E-state index is -3.92. The van der Waals surface area contributed by atoms with Gasteiger partial charge >= 0.3 is 26.5 Å². The standard InChI is InChI=1S/3O.Ru. The van der Waals surface area contributed by atoms with Crippen LogP contribution in [0.2, 0.25) is 0 Å². The topological polar surface area (TPSA) is 51.2 Å². The average Bonchev–Trinajstić information content (AvgIpc) is 0.811. The minimum absolute atomic E-state index is 3.92. The van der Waals surface area contributed by atoms with Crippen LogP contribution in [0.4, 0.5) is 0 Å².